The number of halogens is 2. The monoisotopic (exact) mass is 387 g/mol. The lowest BCUT2D eigenvalue weighted by Gasteiger charge is -2.42. The van der Waals surface area contributed by atoms with E-state index in [0.29, 0.717) is 29.7 Å². The third-order valence-electron chi connectivity index (χ3n) is 4.52. The normalized spacial score (nSPS) is 17.4. The Bertz CT molecular complexity index is 605. The summed E-state index contributed by atoms with van der Waals surface area (Å²) >= 11 is 12.5. The zero-order chi connectivity index (χ0) is 18.7. The van der Waals surface area contributed by atoms with Gasteiger partial charge in [0, 0.05) is 25.6 Å². The summed E-state index contributed by atoms with van der Waals surface area (Å²) in [6.07, 6.45) is 2.20. The van der Waals surface area contributed by atoms with Gasteiger partial charge in [-0.25, -0.2) is 4.79 Å². The Labute approximate surface area is 160 Å². The summed E-state index contributed by atoms with van der Waals surface area (Å²) in [5.74, 6) is 0. The third-order valence-corrected chi connectivity index (χ3v) is 5.38. The van der Waals surface area contributed by atoms with Gasteiger partial charge in [0.15, 0.2) is 0 Å². The van der Waals surface area contributed by atoms with E-state index in [9.17, 15) is 4.79 Å². The number of carbonyl (C=O) groups is 1. The largest absolute Gasteiger partial charge is 0.444 e. The van der Waals surface area contributed by atoms with E-state index in [0.717, 1.165) is 24.8 Å². The van der Waals surface area contributed by atoms with Crippen LogP contribution in [-0.2, 0) is 15.9 Å². The molecule has 0 atom stereocenters. The quantitative estimate of drug-likeness (QED) is 0.712. The van der Waals surface area contributed by atoms with Crippen molar-refractivity contribution in [3.05, 3.63) is 33.8 Å². The summed E-state index contributed by atoms with van der Waals surface area (Å²) in [7, 11) is 1.71. The Morgan fingerprint density at radius 2 is 1.88 bits per heavy atom. The molecule has 0 radical (unpaired) electrons. The standard InChI is InChI=1S/C19H27Cl2NO3/c1-18(2,3)25-17(23)22-10-8-19(9-11-22,13-24-4)12-14-6-5-7-15(20)16(14)21/h5-7H,8-13H2,1-4H3. The van der Waals surface area contributed by atoms with Crippen molar-refractivity contribution in [2.24, 2.45) is 5.41 Å². The molecule has 1 fully saturated rings. The predicted molar refractivity (Wildman–Crippen MR) is 102 cm³/mol. The molecule has 0 N–H and O–H groups in total. The molecule has 6 heteroatoms. The first-order valence-electron chi connectivity index (χ1n) is 8.56. The molecule has 0 bridgehead atoms. The van der Waals surface area contributed by atoms with E-state index in [1.807, 2.05) is 32.9 Å². The molecule has 1 aromatic carbocycles. The molecule has 0 aromatic heterocycles. The van der Waals surface area contributed by atoms with E-state index in [4.69, 9.17) is 32.7 Å². The number of rotatable bonds is 4. The van der Waals surface area contributed by atoms with Gasteiger partial charge in [0.2, 0.25) is 0 Å². The van der Waals surface area contributed by atoms with E-state index in [-0.39, 0.29) is 11.5 Å². The van der Waals surface area contributed by atoms with Gasteiger partial charge in [0.1, 0.15) is 5.60 Å². The Balaban J connectivity index is 2.07. The third kappa shape index (κ3) is 5.50. The van der Waals surface area contributed by atoms with Crippen molar-refractivity contribution in [2.75, 3.05) is 26.8 Å². The zero-order valence-corrected chi connectivity index (χ0v) is 16.9. The van der Waals surface area contributed by atoms with Crippen molar-refractivity contribution < 1.29 is 14.3 Å². The number of nitrogens with zero attached hydrogens (tertiary/aromatic N) is 1. The van der Waals surface area contributed by atoms with Crippen molar-refractivity contribution in [1.82, 2.24) is 4.90 Å². The molecule has 2 rings (SSSR count). The second kappa shape index (κ2) is 8.15. The molecule has 0 spiro atoms. The summed E-state index contributed by atoms with van der Waals surface area (Å²) in [6, 6.07) is 5.72. The summed E-state index contributed by atoms with van der Waals surface area (Å²) < 4.78 is 11.0. The lowest BCUT2D eigenvalue weighted by atomic mass is 9.74. The molecule has 0 unspecified atom stereocenters. The number of benzene rings is 1. The molecule has 1 aliphatic heterocycles. The van der Waals surface area contributed by atoms with Gasteiger partial charge in [-0.15, -0.1) is 0 Å². The number of hydrogen-bond donors (Lipinski definition) is 0. The van der Waals surface area contributed by atoms with Crippen LogP contribution in [0.4, 0.5) is 4.79 Å². The SMILES string of the molecule is COCC1(Cc2cccc(Cl)c2Cl)CCN(C(=O)OC(C)(C)C)CC1. The number of amides is 1. The lowest BCUT2D eigenvalue weighted by molar-refractivity contribution is -0.00671. The lowest BCUT2D eigenvalue weighted by Crippen LogP contribution is -2.47. The maximum absolute atomic E-state index is 12.3. The Morgan fingerprint density at radius 3 is 2.44 bits per heavy atom. The Morgan fingerprint density at radius 1 is 1.24 bits per heavy atom. The van der Waals surface area contributed by atoms with Crippen LogP contribution in [0.25, 0.3) is 0 Å². The van der Waals surface area contributed by atoms with Gasteiger partial charge < -0.3 is 14.4 Å². The van der Waals surface area contributed by atoms with Crippen molar-refractivity contribution in [3.63, 3.8) is 0 Å². The molecular weight excluding hydrogens is 361 g/mol. The van der Waals surface area contributed by atoms with Crippen LogP contribution in [0.3, 0.4) is 0 Å². The van der Waals surface area contributed by atoms with Crippen molar-refractivity contribution in [1.29, 1.82) is 0 Å². The average Bonchev–Trinajstić information content (AvgIpc) is 2.51. The summed E-state index contributed by atoms with van der Waals surface area (Å²) in [5, 5.41) is 1.17. The van der Waals surface area contributed by atoms with Gasteiger partial charge >= 0.3 is 6.09 Å². The molecule has 0 saturated carbocycles. The van der Waals surface area contributed by atoms with Crippen LogP contribution in [0, 0.1) is 5.41 Å². The van der Waals surface area contributed by atoms with Gasteiger partial charge in [-0.2, -0.15) is 0 Å². The minimum absolute atomic E-state index is 0.0540. The van der Waals surface area contributed by atoms with Gasteiger partial charge in [-0.3, -0.25) is 0 Å². The molecule has 0 aliphatic carbocycles. The fourth-order valence-corrected chi connectivity index (χ4v) is 3.64. The molecule has 1 aliphatic rings. The number of methoxy groups -OCH3 is 1. The van der Waals surface area contributed by atoms with E-state index in [1.54, 1.807) is 18.1 Å². The van der Waals surface area contributed by atoms with Crippen LogP contribution in [0.2, 0.25) is 10.0 Å². The maximum Gasteiger partial charge on any atom is 0.410 e. The number of likely N-dealkylation sites (tertiary alicyclic amines) is 1. The van der Waals surface area contributed by atoms with E-state index in [2.05, 4.69) is 0 Å². The molecule has 25 heavy (non-hydrogen) atoms. The Kier molecular flexibility index (Phi) is 6.63. The molecule has 140 valence electrons. The van der Waals surface area contributed by atoms with Gasteiger partial charge in [0.25, 0.3) is 0 Å². The minimum atomic E-state index is -0.480. The first-order valence-corrected chi connectivity index (χ1v) is 9.31. The molecule has 1 saturated heterocycles. The topological polar surface area (TPSA) is 38.8 Å². The van der Waals surface area contributed by atoms with Crippen LogP contribution in [0.1, 0.15) is 39.2 Å². The summed E-state index contributed by atoms with van der Waals surface area (Å²) in [6.45, 7) is 7.56. The van der Waals surface area contributed by atoms with Crippen LogP contribution in [0.5, 0.6) is 0 Å². The van der Waals surface area contributed by atoms with Crippen LogP contribution < -0.4 is 0 Å². The van der Waals surface area contributed by atoms with Gasteiger partial charge in [0.05, 0.1) is 16.7 Å². The highest BCUT2D eigenvalue weighted by Gasteiger charge is 2.37. The fraction of sp³-hybridized carbons (Fsp3) is 0.632. The second-order valence-electron chi connectivity index (χ2n) is 7.79. The Hall–Kier alpha value is -0.970. The second-order valence-corrected chi connectivity index (χ2v) is 8.58. The zero-order valence-electron chi connectivity index (χ0n) is 15.4. The average molecular weight is 388 g/mol. The predicted octanol–water partition coefficient (Wildman–Crippen LogP) is 5.20. The number of piperidine rings is 1. The van der Waals surface area contributed by atoms with Crippen molar-refractivity contribution in [3.8, 4) is 0 Å². The fourth-order valence-electron chi connectivity index (χ4n) is 3.26. The molecule has 1 heterocycles. The number of carbonyl (C=O) groups excluding carboxylic acids is 1. The van der Waals surface area contributed by atoms with Crippen LogP contribution >= 0.6 is 23.2 Å². The maximum atomic E-state index is 12.3. The summed E-state index contributed by atoms with van der Waals surface area (Å²) in [5.41, 5.74) is 0.491. The van der Waals surface area contributed by atoms with Crippen molar-refractivity contribution >= 4 is 29.3 Å². The number of hydrogen-bond acceptors (Lipinski definition) is 3. The smallest absolute Gasteiger partial charge is 0.410 e. The van der Waals surface area contributed by atoms with E-state index < -0.39 is 5.60 Å². The van der Waals surface area contributed by atoms with E-state index in [1.165, 1.54) is 0 Å². The first kappa shape index (κ1) is 20.3. The van der Waals surface area contributed by atoms with E-state index >= 15 is 0 Å². The minimum Gasteiger partial charge on any atom is -0.444 e. The number of ether oxygens (including phenoxy) is 2. The highest BCUT2D eigenvalue weighted by atomic mass is 35.5. The molecule has 1 aromatic rings. The first-order chi connectivity index (χ1) is 11.7. The highest BCUT2D eigenvalue weighted by molar-refractivity contribution is 6.42. The molecular formula is C19H27Cl2NO3. The van der Waals surface area contributed by atoms with Crippen LogP contribution in [-0.4, -0.2) is 43.4 Å². The van der Waals surface area contributed by atoms with Gasteiger partial charge in [-0.1, -0.05) is 35.3 Å². The van der Waals surface area contributed by atoms with Crippen LogP contribution in [0.15, 0.2) is 18.2 Å². The molecule has 4 nitrogen and oxygen atoms in total. The van der Waals surface area contributed by atoms with Gasteiger partial charge in [-0.05, 0) is 51.7 Å². The molecule has 1 amide bonds. The summed E-state index contributed by atoms with van der Waals surface area (Å²) in [4.78, 5) is 14.1. The highest BCUT2D eigenvalue weighted by Crippen LogP contribution is 2.38. The van der Waals surface area contributed by atoms with Crippen molar-refractivity contribution in [2.45, 2.75) is 45.6 Å².